The molecule has 3 aliphatic heterocycles. The standard InChI is InChI=1S/C44H52ClFN8O5/c1-43(2)41(44(3,4)42(43)59-30-11-9-27(24-47)32(45)22-30)51-38(56)28-10-13-36(49-25-28)53-19-17-52(18-20-53)16-8-6-5-7-15-48-34-21-29-26-54(40(58)31(29)23-33(34)46)35-12-14-37(55)50-39(35)57/h9-11,13,21-23,25,35,41-42,48H,5-8,12,14-20,26H2,1-4H3,(H,51,56)(H,50,55,57)/t35?,41-,42-. The number of rotatable bonds is 14. The molecule has 7 rings (SSSR count). The molecule has 2 aromatic carbocycles. The maximum atomic E-state index is 14.9. The Hall–Kier alpha value is -5.26. The monoisotopic (exact) mass is 826 g/mol. The van der Waals surface area contributed by atoms with Gasteiger partial charge in [-0.2, -0.15) is 5.26 Å². The number of fused-ring (bicyclic) bond motifs is 1. The number of benzene rings is 2. The highest BCUT2D eigenvalue weighted by atomic mass is 35.5. The van der Waals surface area contributed by atoms with Crippen LogP contribution in [-0.2, 0) is 16.1 Å². The number of carbonyl (C=O) groups excluding carboxylic acids is 4. The Morgan fingerprint density at radius 3 is 2.44 bits per heavy atom. The maximum Gasteiger partial charge on any atom is 0.255 e. The van der Waals surface area contributed by atoms with E-state index >= 15 is 0 Å². The maximum absolute atomic E-state index is 14.9. The van der Waals surface area contributed by atoms with Crippen molar-refractivity contribution in [2.75, 3.05) is 49.5 Å². The molecule has 2 saturated heterocycles. The van der Waals surface area contributed by atoms with Gasteiger partial charge in [-0.3, -0.25) is 29.4 Å². The van der Waals surface area contributed by atoms with Crippen LogP contribution in [0.15, 0.2) is 48.7 Å². The summed E-state index contributed by atoms with van der Waals surface area (Å²) in [6.07, 6.45) is 5.90. The second kappa shape index (κ2) is 17.1. The summed E-state index contributed by atoms with van der Waals surface area (Å²) in [7, 11) is 0. The highest BCUT2D eigenvalue weighted by Gasteiger charge is 2.64. The number of ether oxygens (including phenoxy) is 1. The number of piperazine rings is 1. The number of piperidine rings is 1. The third-order valence-corrected chi connectivity index (χ3v) is 12.8. The van der Waals surface area contributed by atoms with Crippen LogP contribution in [0.1, 0.15) is 98.1 Å². The minimum atomic E-state index is -0.729. The first kappa shape index (κ1) is 41.9. The number of amides is 4. The highest BCUT2D eigenvalue weighted by Crippen LogP contribution is 2.55. The SMILES string of the molecule is CC1(C)[C@H](NC(=O)c2ccc(N3CCN(CCCCCCNc4cc5c(cc4F)C(=O)N(C4CCC(=O)NC4=O)C5)CC3)nc2)C(C)(C)[C@H]1Oc1ccc(C#N)c(Cl)c1. The van der Waals surface area contributed by atoms with E-state index in [2.05, 4.69) is 64.5 Å². The Morgan fingerprint density at radius 2 is 1.76 bits per heavy atom. The number of hydrogen-bond donors (Lipinski definition) is 3. The molecule has 4 amide bonds. The number of pyridine rings is 1. The van der Waals surface area contributed by atoms with Gasteiger partial charge in [-0.1, -0.05) is 52.1 Å². The van der Waals surface area contributed by atoms with Gasteiger partial charge >= 0.3 is 0 Å². The van der Waals surface area contributed by atoms with Crippen LogP contribution in [0.3, 0.4) is 0 Å². The lowest BCUT2D eigenvalue weighted by atomic mass is 9.49. The summed E-state index contributed by atoms with van der Waals surface area (Å²) in [5, 5.41) is 18.2. The van der Waals surface area contributed by atoms with Gasteiger partial charge in [0.05, 0.1) is 21.8 Å². The van der Waals surface area contributed by atoms with E-state index in [1.54, 1.807) is 30.5 Å². The molecule has 4 heterocycles. The number of nitrogens with zero attached hydrogens (tertiary/aromatic N) is 5. The van der Waals surface area contributed by atoms with Crippen LogP contribution in [0, 0.1) is 28.0 Å². The third kappa shape index (κ3) is 8.73. The average molecular weight is 827 g/mol. The van der Waals surface area contributed by atoms with Crippen molar-refractivity contribution in [3.63, 3.8) is 0 Å². The number of nitriles is 1. The van der Waals surface area contributed by atoms with Crippen molar-refractivity contribution >= 4 is 46.7 Å². The lowest BCUT2D eigenvalue weighted by Crippen LogP contribution is -2.74. The van der Waals surface area contributed by atoms with Gasteiger partial charge in [-0.25, -0.2) is 9.37 Å². The molecule has 0 bridgehead atoms. The molecule has 1 unspecified atom stereocenters. The zero-order valence-corrected chi connectivity index (χ0v) is 34.8. The van der Waals surface area contributed by atoms with E-state index in [1.165, 1.54) is 11.0 Å². The second-order valence-corrected chi connectivity index (χ2v) is 17.7. The molecule has 59 heavy (non-hydrogen) atoms. The topological polar surface area (TPSA) is 160 Å². The van der Waals surface area contributed by atoms with Gasteiger partial charge in [0.15, 0.2) is 0 Å². The number of carbonyl (C=O) groups is 4. The smallest absolute Gasteiger partial charge is 0.255 e. The highest BCUT2D eigenvalue weighted by molar-refractivity contribution is 6.31. The van der Waals surface area contributed by atoms with Gasteiger partial charge in [0.2, 0.25) is 11.8 Å². The Balaban J connectivity index is 0.791. The Morgan fingerprint density at radius 1 is 1.02 bits per heavy atom. The van der Waals surface area contributed by atoms with Crippen LogP contribution in [0.5, 0.6) is 5.75 Å². The fourth-order valence-electron chi connectivity index (χ4n) is 9.48. The fourth-order valence-corrected chi connectivity index (χ4v) is 9.69. The third-order valence-electron chi connectivity index (χ3n) is 12.5. The molecule has 0 radical (unpaired) electrons. The first-order chi connectivity index (χ1) is 28.2. The van der Waals surface area contributed by atoms with Crippen LogP contribution >= 0.6 is 11.6 Å². The Bertz CT molecular complexity index is 2130. The molecule has 1 aromatic heterocycles. The average Bonchev–Trinajstić information content (AvgIpc) is 3.52. The summed E-state index contributed by atoms with van der Waals surface area (Å²) in [5.74, 6) is -0.447. The number of nitrogens with one attached hydrogen (secondary N) is 3. The molecule has 3 fully saturated rings. The van der Waals surface area contributed by atoms with Gasteiger partial charge < -0.3 is 25.2 Å². The van der Waals surface area contributed by atoms with Gasteiger partial charge in [0, 0.05) is 80.4 Å². The van der Waals surface area contributed by atoms with Gasteiger partial charge in [0.25, 0.3) is 11.8 Å². The molecule has 0 spiro atoms. The van der Waals surface area contributed by atoms with E-state index in [4.69, 9.17) is 16.3 Å². The zero-order chi connectivity index (χ0) is 42.1. The summed E-state index contributed by atoms with van der Waals surface area (Å²) in [6.45, 7) is 13.7. The van der Waals surface area contributed by atoms with E-state index in [-0.39, 0.29) is 65.6 Å². The molecule has 4 aliphatic rings. The minimum Gasteiger partial charge on any atom is -0.489 e. The molecule has 13 nitrogen and oxygen atoms in total. The van der Waals surface area contributed by atoms with Gasteiger partial charge in [-0.05, 0) is 67.8 Å². The van der Waals surface area contributed by atoms with Gasteiger partial charge in [0.1, 0.15) is 35.6 Å². The van der Waals surface area contributed by atoms with E-state index in [0.29, 0.717) is 39.7 Å². The lowest BCUT2D eigenvalue weighted by Gasteiger charge is -2.63. The number of aromatic nitrogens is 1. The van der Waals surface area contributed by atoms with Crippen molar-refractivity contribution in [1.82, 2.24) is 25.4 Å². The van der Waals surface area contributed by atoms with Gasteiger partial charge in [-0.15, -0.1) is 0 Å². The molecular formula is C44H52ClFN8O5. The van der Waals surface area contributed by atoms with Crippen LogP contribution in [0.4, 0.5) is 15.9 Å². The second-order valence-electron chi connectivity index (χ2n) is 17.3. The molecule has 3 N–H and O–H groups in total. The van der Waals surface area contributed by atoms with Crippen molar-refractivity contribution in [3.05, 3.63) is 81.8 Å². The summed E-state index contributed by atoms with van der Waals surface area (Å²) in [5.41, 5.74) is 1.45. The summed E-state index contributed by atoms with van der Waals surface area (Å²) in [6, 6.07) is 12.9. The quantitative estimate of drug-likeness (QED) is 0.132. The van der Waals surface area contributed by atoms with Crippen LogP contribution in [0.2, 0.25) is 5.02 Å². The number of halogens is 2. The van der Waals surface area contributed by atoms with E-state index < -0.39 is 17.8 Å². The van der Waals surface area contributed by atoms with Crippen molar-refractivity contribution in [3.8, 4) is 11.8 Å². The number of unbranched alkanes of at least 4 members (excludes halogenated alkanes) is 3. The van der Waals surface area contributed by atoms with Crippen LogP contribution in [0.25, 0.3) is 0 Å². The van der Waals surface area contributed by atoms with E-state index in [9.17, 15) is 28.8 Å². The number of imide groups is 1. The molecule has 1 aliphatic carbocycles. The largest absolute Gasteiger partial charge is 0.489 e. The van der Waals surface area contributed by atoms with Crippen molar-refractivity contribution in [2.24, 2.45) is 10.8 Å². The van der Waals surface area contributed by atoms with Crippen molar-refractivity contribution in [1.29, 1.82) is 5.26 Å². The summed E-state index contributed by atoms with van der Waals surface area (Å²) in [4.78, 5) is 61.0. The lowest BCUT2D eigenvalue weighted by molar-refractivity contribution is -0.164. The van der Waals surface area contributed by atoms with Crippen LogP contribution < -0.4 is 25.6 Å². The predicted octanol–water partition coefficient (Wildman–Crippen LogP) is 5.91. The summed E-state index contributed by atoms with van der Waals surface area (Å²) < 4.78 is 21.3. The molecular weight excluding hydrogens is 775 g/mol. The first-order valence-electron chi connectivity index (χ1n) is 20.5. The normalized spacial score (nSPS) is 22.3. The fraction of sp³-hybridized carbons (Fsp3) is 0.500. The Labute approximate surface area is 349 Å². The molecule has 312 valence electrons. The van der Waals surface area contributed by atoms with Crippen molar-refractivity contribution in [2.45, 2.75) is 91.0 Å². The number of hydrogen-bond acceptors (Lipinski definition) is 10. The number of anilines is 2. The van der Waals surface area contributed by atoms with Crippen molar-refractivity contribution < 1.29 is 28.3 Å². The van der Waals surface area contributed by atoms with E-state index in [1.807, 2.05) is 12.1 Å². The molecule has 1 atom stereocenters. The summed E-state index contributed by atoms with van der Waals surface area (Å²) >= 11 is 6.24. The molecule has 3 aromatic rings. The predicted molar refractivity (Wildman–Crippen MR) is 222 cm³/mol. The first-order valence-corrected chi connectivity index (χ1v) is 20.9. The van der Waals surface area contributed by atoms with E-state index in [0.717, 1.165) is 64.2 Å². The minimum absolute atomic E-state index is 0.150. The molecule has 1 saturated carbocycles. The zero-order valence-electron chi connectivity index (χ0n) is 34.1. The Kier molecular flexibility index (Phi) is 12.2. The van der Waals surface area contributed by atoms with Crippen LogP contribution in [-0.4, -0.2) is 95.9 Å². The molecule has 15 heteroatoms.